The molecule has 20 heteroatoms. The number of fused-ring (bicyclic) bond motifs is 6. The van der Waals surface area contributed by atoms with Crippen LogP contribution in [0.25, 0.3) is 117 Å². The van der Waals surface area contributed by atoms with E-state index >= 15 is 0 Å². The maximum atomic E-state index is 12.6. The van der Waals surface area contributed by atoms with E-state index in [2.05, 4.69) is 121 Å². The minimum absolute atomic E-state index is 0.117. The summed E-state index contributed by atoms with van der Waals surface area (Å²) in [6, 6.07) is 60.2. The van der Waals surface area contributed by atoms with Crippen molar-refractivity contribution in [1.82, 2.24) is 63.0 Å². The standard InChI is InChI=1S/C33H29N5O3S.C26H23N5.C24H20N6/c1-21-7-12-27(13-8-21)42(39,40)41-20-22-17-26(18-22)33-37-30(31-32(34)35-15-16-38(31)33)25-10-9-24-11-14-28(36-29(24)19-25)23-5-3-2-4-6-23;1-16-14-21(17-6-3-2-4-7-17)29-22-15-19(10-11-20(16)22)23-24-25(27)28-12-13-31(24)26(30-23)18-8-5-9-18;25-23-22-21(29-24(16-3-1-4-16)30(22)12-11-27-23)17-7-6-15-8-9-19(28-20(15)13-17)18-5-2-10-26-14-18/h2-16,19,22,26H,17-18,20H2,1H3,(H2,34,35);2-4,6-7,10-15,18H,5,8-9H2,1H3,(H2,27,28);2,5-14,16H,1,3-4H2,(H2,25,27). The normalized spacial score (nSPS) is 15.4. The van der Waals surface area contributed by atoms with Crippen LogP contribution >= 0.6 is 0 Å². The number of aryl methyl sites for hydroxylation is 2. The summed E-state index contributed by atoms with van der Waals surface area (Å²) in [6.45, 7) is 4.20. The van der Waals surface area contributed by atoms with Crippen molar-refractivity contribution in [2.45, 2.75) is 87.9 Å². The van der Waals surface area contributed by atoms with Crippen molar-refractivity contribution in [1.29, 1.82) is 0 Å². The highest BCUT2D eigenvalue weighted by Gasteiger charge is 2.36. The predicted molar refractivity (Wildman–Crippen MR) is 406 cm³/mol. The average Bonchev–Trinajstić information content (AvgIpc) is 1.62. The van der Waals surface area contributed by atoms with E-state index in [0.717, 1.165) is 153 Å². The minimum Gasteiger partial charge on any atom is -0.382 e. The first-order valence-electron chi connectivity index (χ1n) is 34.9. The van der Waals surface area contributed by atoms with E-state index in [-0.39, 0.29) is 23.3 Å². The number of nitrogens with two attached hydrogens (primary N) is 3. The van der Waals surface area contributed by atoms with Gasteiger partial charge in [-0.15, -0.1) is 0 Å². The molecule has 0 aliphatic heterocycles. The van der Waals surface area contributed by atoms with Crippen molar-refractivity contribution in [3.8, 4) is 67.5 Å². The third kappa shape index (κ3) is 12.4. The van der Waals surface area contributed by atoms with Gasteiger partial charge in [0.15, 0.2) is 0 Å². The molecule has 6 aromatic carbocycles. The quantitative estimate of drug-likeness (QED) is 0.0906. The lowest BCUT2D eigenvalue weighted by Crippen LogP contribution is -2.28. The largest absolute Gasteiger partial charge is 0.382 e. The fourth-order valence-corrected chi connectivity index (χ4v) is 15.4. The van der Waals surface area contributed by atoms with Crippen LogP contribution in [0.15, 0.2) is 236 Å². The number of hydrogen-bond donors (Lipinski definition) is 3. The van der Waals surface area contributed by atoms with E-state index in [0.29, 0.717) is 29.3 Å². The molecule has 10 heterocycles. The summed E-state index contributed by atoms with van der Waals surface area (Å²) in [5.41, 5.74) is 37.9. The van der Waals surface area contributed by atoms with E-state index in [1.807, 2.05) is 109 Å². The van der Waals surface area contributed by atoms with Crippen molar-refractivity contribution in [3.05, 3.63) is 260 Å². The van der Waals surface area contributed by atoms with Crippen molar-refractivity contribution >= 4 is 76.8 Å². The number of hydrogen-bond acceptors (Lipinski definition) is 16. The zero-order chi connectivity index (χ0) is 69.9. The van der Waals surface area contributed by atoms with Gasteiger partial charge in [0, 0.05) is 117 Å². The Morgan fingerprint density at radius 3 is 1.37 bits per heavy atom. The summed E-state index contributed by atoms with van der Waals surface area (Å²) in [4.78, 5) is 47.4. The van der Waals surface area contributed by atoms with Gasteiger partial charge < -0.3 is 17.2 Å². The van der Waals surface area contributed by atoms with Crippen LogP contribution in [0.1, 0.15) is 97.7 Å². The second kappa shape index (κ2) is 26.8. The summed E-state index contributed by atoms with van der Waals surface area (Å²) in [6.07, 6.45) is 23.4. The first-order valence-corrected chi connectivity index (χ1v) is 36.3. The molecule has 0 spiro atoms. The summed E-state index contributed by atoms with van der Waals surface area (Å²) in [7, 11) is -3.79. The number of pyridine rings is 4. The Bertz CT molecular complexity index is 6010. The first kappa shape index (κ1) is 64.3. The van der Waals surface area contributed by atoms with Gasteiger partial charge in [-0.2, -0.15) is 8.42 Å². The molecule has 0 atom stereocenters. The van der Waals surface area contributed by atoms with Crippen LogP contribution in [-0.2, 0) is 14.3 Å². The van der Waals surface area contributed by atoms with Crippen LogP contribution < -0.4 is 17.2 Å². The monoisotopic (exact) mass is 1370 g/mol. The third-order valence-corrected chi connectivity index (χ3v) is 21.8. The summed E-state index contributed by atoms with van der Waals surface area (Å²) < 4.78 is 37.0. The Hall–Kier alpha value is -12.1. The van der Waals surface area contributed by atoms with Gasteiger partial charge in [-0.25, -0.2) is 44.9 Å². The van der Waals surface area contributed by atoms with Crippen molar-refractivity contribution in [3.63, 3.8) is 0 Å². The van der Waals surface area contributed by atoms with Gasteiger partial charge in [0.2, 0.25) is 0 Å². The molecular formula is C83H72N16O3S. The van der Waals surface area contributed by atoms with Crippen molar-refractivity contribution in [2.75, 3.05) is 23.8 Å². The molecule has 0 unspecified atom stereocenters. The van der Waals surface area contributed by atoms with Crippen LogP contribution in [0.2, 0.25) is 0 Å². The maximum Gasteiger partial charge on any atom is 0.296 e. The molecule has 0 bridgehead atoms. The SMILES string of the molecule is Cc1cc(-c2ccccc2)nc2cc(-c3nc(C4CCC4)n4ccnc(N)c34)ccc12.Cc1ccc(S(=O)(=O)OCC2CC(c3nc(-c4ccc5ccc(-c6ccccc6)nc5c4)c4c(N)nccn34)C2)cc1.Nc1nccn2c(C3CCC3)nc(-c3ccc4ccc(-c5cccnc5)nc4c3)c12. The van der Waals surface area contributed by atoms with Crippen LogP contribution in [0.4, 0.5) is 17.5 Å². The molecule has 508 valence electrons. The zero-order valence-electron chi connectivity index (χ0n) is 56.8. The van der Waals surface area contributed by atoms with Gasteiger partial charge in [-0.3, -0.25) is 22.4 Å². The van der Waals surface area contributed by atoms with Gasteiger partial charge in [0.05, 0.1) is 45.1 Å². The molecular weight excluding hydrogens is 1300 g/mol. The fourth-order valence-electron chi connectivity index (χ4n) is 14.4. The van der Waals surface area contributed by atoms with Crippen molar-refractivity contribution < 1.29 is 12.6 Å². The van der Waals surface area contributed by atoms with E-state index in [4.69, 9.17) is 51.3 Å². The minimum atomic E-state index is -3.79. The highest BCUT2D eigenvalue weighted by atomic mass is 32.2. The number of benzene rings is 6. The Kier molecular flexibility index (Phi) is 16.7. The van der Waals surface area contributed by atoms with E-state index in [1.165, 1.54) is 44.1 Å². The van der Waals surface area contributed by atoms with Crippen LogP contribution in [0.5, 0.6) is 0 Å². The van der Waals surface area contributed by atoms with E-state index in [1.54, 1.807) is 49.1 Å². The fraction of sp³-hybridized carbons (Fsp3) is 0.181. The molecule has 0 saturated heterocycles. The second-order valence-electron chi connectivity index (χ2n) is 27.1. The van der Waals surface area contributed by atoms with Gasteiger partial charge in [0.25, 0.3) is 10.1 Å². The Labute approximate surface area is 594 Å². The Balaban J connectivity index is 0.000000117. The molecule has 103 heavy (non-hydrogen) atoms. The molecule has 3 aliphatic carbocycles. The topological polar surface area (TPSA) is 264 Å². The Morgan fingerprint density at radius 1 is 0.437 bits per heavy atom. The smallest absolute Gasteiger partial charge is 0.296 e. The molecule has 19 nitrogen and oxygen atoms in total. The number of imidazole rings is 3. The molecule has 10 aromatic heterocycles. The van der Waals surface area contributed by atoms with Gasteiger partial charge in [-0.1, -0.05) is 140 Å². The molecule has 3 aliphatic rings. The highest BCUT2D eigenvalue weighted by Crippen LogP contribution is 2.45. The first-order chi connectivity index (χ1) is 50.3. The molecule has 0 amide bonds. The molecule has 6 N–H and O–H groups in total. The number of rotatable bonds is 13. The molecule has 16 aromatic rings. The summed E-state index contributed by atoms with van der Waals surface area (Å²) >= 11 is 0. The van der Waals surface area contributed by atoms with Crippen LogP contribution in [-0.4, -0.2) is 78.1 Å². The second-order valence-corrected chi connectivity index (χ2v) is 28.7. The lowest BCUT2D eigenvalue weighted by atomic mass is 9.75. The lowest BCUT2D eigenvalue weighted by molar-refractivity contribution is 0.158. The van der Waals surface area contributed by atoms with Gasteiger partial charge in [-0.05, 0) is 125 Å². The maximum absolute atomic E-state index is 12.6. The van der Waals surface area contributed by atoms with Crippen LogP contribution in [0.3, 0.4) is 0 Å². The molecule has 19 rings (SSSR count). The summed E-state index contributed by atoms with van der Waals surface area (Å²) in [5.74, 6) is 5.72. The summed E-state index contributed by atoms with van der Waals surface area (Å²) in [5, 5.41) is 3.27. The third-order valence-electron chi connectivity index (χ3n) is 20.5. The molecule has 3 fully saturated rings. The number of anilines is 3. The number of nitrogens with zero attached hydrogens (tertiary/aromatic N) is 13. The number of nitrogen functional groups attached to an aromatic ring is 3. The van der Waals surface area contributed by atoms with Gasteiger partial charge >= 0.3 is 0 Å². The van der Waals surface area contributed by atoms with E-state index in [9.17, 15) is 8.42 Å². The zero-order valence-corrected chi connectivity index (χ0v) is 57.6. The molecule has 0 radical (unpaired) electrons. The van der Waals surface area contributed by atoms with E-state index < -0.39 is 10.1 Å². The average molecular weight is 1370 g/mol. The lowest BCUT2D eigenvalue weighted by Gasteiger charge is -2.34. The predicted octanol–water partition coefficient (Wildman–Crippen LogP) is 17.0. The molecule has 3 saturated carbocycles. The van der Waals surface area contributed by atoms with Crippen LogP contribution in [0, 0.1) is 19.8 Å². The number of aromatic nitrogens is 13. The Morgan fingerprint density at radius 2 is 0.883 bits per heavy atom. The highest BCUT2D eigenvalue weighted by molar-refractivity contribution is 7.86. The van der Waals surface area contributed by atoms with Crippen molar-refractivity contribution in [2.24, 2.45) is 5.92 Å². The van der Waals surface area contributed by atoms with Gasteiger partial charge in [0.1, 0.15) is 68.6 Å².